The van der Waals surface area contributed by atoms with Gasteiger partial charge in [0.15, 0.2) is 0 Å². The lowest BCUT2D eigenvalue weighted by molar-refractivity contribution is -0.144. The third-order valence-corrected chi connectivity index (χ3v) is 9.64. The molecule has 5 nitrogen and oxygen atoms in total. The lowest BCUT2D eigenvalue weighted by atomic mass is 9.54. The lowest BCUT2D eigenvalue weighted by Crippen LogP contribution is -2.57. The first-order valence-electron chi connectivity index (χ1n) is 12.0. The van der Waals surface area contributed by atoms with E-state index in [2.05, 4.69) is 12.2 Å². The van der Waals surface area contributed by atoms with Gasteiger partial charge in [0.2, 0.25) is 17.7 Å². The first-order valence-corrected chi connectivity index (χ1v) is 12.8. The van der Waals surface area contributed by atoms with Crippen molar-refractivity contribution >= 4 is 40.9 Å². The number of hydrogen-bond acceptors (Lipinski definition) is 3. The summed E-state index contributed by atoms with van der Waals surface area (Å²) >= 11 is 14.8. The van der Waals surface area contributed by atoms with E-state index in [1.54, 1.807) is 0 Å². The van der Waals surface area contributed by atoms with E-state index in [1.807, 2.05) is 48.5 Å². The molecular formula is C27H26Cl2N2O3. The first kappa shape index (κ1) is 22.1. The molecule has 1 N–H and O–H groups in total. The molecule has 2 bridgehead atoms. The lowest BCUT2D eigenvalue weighted by Gasteiger charge is -2.54. The number of imide groups is 1. The van der Waals surface area contributed by atoms with Crippen LogP contribution in [0.25, 0.3) is 0 Å². The third kappa shape index (κ3) is 2.77. The maximum absolute atomic E-state index is 13.8. The zero-order chi connectivity index (χ0) is 23.8. The van der Waals surface area contributed by atoms with Crippen molar-refractivity contribution < 1.29 is 14.4 Å². The molecule has 5 aliphatic rings. The minimum Gasteiger partial charge on any atom is -0.352 e. The van der Waals surface area contributed by atoms with Crippen molar-refractivity contribution in [3.8, 4) is 0 Å². The van der Waals surface area contributed by atoms with Gasteiger partial charge in [-0.25, -0.2) is 0 Å². The molecule has 2 atom stereocenters. The number of rotatable bonds is 3. The molecule has 176 valence electrons. The Bertz CT molecular complexity index is 1100. The minimum atomic E-state index is -1.22. The minimum absolute atomic E-state index is 0.0854. The zero-order valence-corrected chi connectivity index (χ0v) is 20.4. The van der Waals surface area contributed by atoms with Crippen molar-refractivity contribution in [2.45, 2.75) is 48.4 Å². The quantitative estimate of drug-likeness (QED) is 0.509. The van der Waals surface area contributed by atoms with Gasteiger partial charge in [0.1, 0.15) is 16.3 Å². The summed E-state index contributed by atoms with van der Waals surface area (Å²) in [4.78, 5) is 39.1. The highest BCUT2D eigenvalue weighted by atomic mass is 35.5. The first-order chi connectivity index (χ1) is 16.3. The molecule has 1 aliphatic heterocycles. The number of carbonyl (C=O) groups excluding carboxylic acids is 3. The van der Waals surface area contributed by atoms with E-state index in [0.717, 1.165) is 52.8 Å². The number of likely N-dealkylation sites (tertiary alicyclic amines) is 1. The molecule has 0 unspecified atom stereocenters. The SMILES string of the molecule is CC1CCC(NC(=O)CN2C(=O)[C@@H]3[C@H](C2=O)C2(Cl)c4ccccc4C3(Cl)c3ccccc32)CC1. The fourth-order valence-corrected chi connectivity index (χ4v) is 7.80. The monoisotopic (exact) mass is 496 g/mol. The molecule has 2 aromatic rings. The van der Waals surface area contributed by atoms with Crippen LogP contribution in [0.15, 0.2) is 48.5 Å². The summed E-state index contributed by atoms with van der Waals surface area (Å²) in [6.45, 7) is 1.92. The van der Waals surface area contributed by atoms with Crippen LogP contribution in [0.3, 0.4) is 0 Å². The summed E-state index contributed by atoms with van der Waals surface area (Å²) in [5.74, 6) is -2.23. The Balaban J connectivity index is 1.37. The van der Waals surface area contributed by atoms with Crippen LogP contribution in [0.4, 0.5) is 0 Å². The summed E-state index contributed by atoms with van der Waals surface area (Å²) in [5, 5.41) is 3.03. The Labute approximate surface area is 208 Å². The Morgan fingerprint density at radius 1 is 0.853 bits per heavy atom. The summed E-state index contributed by atoms with van der Waals surface area (Å²) in [6, 6.07) is 15.1. The van der Waals surface area contributed by atoms with E-state index >= 15 is 0 Å². The molecule has 3 amide bonds. The van der Waals surface area contributed by atoms with Crippen molar-refractivity contribution in [1.29, 1.82) is 0 Å². The van der Waals surface area contributed by atoms with Gasteiger partial charge in [0.25, 0.3) is 0 Å². The van der Waals surface area contributed by atoms with Gasteiger partial charge in [-0.05, 0) is 53.9 Å². The van der Waals surface area contributed by atoms with Crippen molar-refractivity contribution in [2.75, 3.05) is 6.54 Å². The molecule has 7 rings (SSSR count). The summed E-state index contributed by atoms with van der Waals surface area (Å²) in [5.41, 5.74) is 3.04. The number of alkyl halides is 2. The predicted octanol–water partition coefficient (Wildman–Crippen LogP) is 4.27. The smallest absolute Gasteiger partial charge is 0.240 e. The van der Waals surface area contributed by atoms with Crippen LogP contribution in [0, 0.1) is 17.8 Å². The van der Waals surface area contributed by atoms with E-state index in [9.17, 15) is 14.4 Å². The van der Waals surface area contributed by atoms with Crippen molar-refractivity contribution in [2.24, 2.45) is 17.8 Å². The van der Waals surface area contributed by atoms with Crippen LogP contribution >= 0.6 is 23.2 Å². The Morgan fingerprint density at radius 2 is 1.26 bits per heavy atom. The molecule has 1 heterocycles. The normalized spacial score (nSPS) is 35.6. The molecule has 2 fully saturated rings. The summed E-state index contributed by atoms with van der Waals surface area (Å²) in [7, 11) is 0. The number of hydrogen-bond donors (Lipinski definition) is 1. The van der Waals surface area contributed by atoms with E-state index in [4.69, 9.17) is 23.2 Å². The van der Waals surface area contributed by atoms with Crippen LogP contribution in [0.5, 0.6) is 0 Å². The van der Waals surface area contributed by atoms with Crippen LogP contribution in [-0.4, -0.2) is 35.2 Å². The van der Waals surface area contributed by atoms with Crippen LogP contribution in [0.1, 0.15) is 54.9 Å². The van der Waals surface area contributed by atoms with Crippen LogP contribution < -0.4 is 5.32 Å². The van der Waals surface area contributed by atoms with E-state index in [-0.39, 0.29) is 18.5 Å². The average molecular weight is 497 g/mol. The molecule has 0 spiro atoms. The highest BCUT2D eigenvalue weighted by molar-refractivity contribution is 6.36. The van der Waals surface area contributed by atoms with Gasteiger partial charge < -0.3 is 5.32 Å². The largest absolute Gasteiger partial charge is 0.352 e. The molecular weight excluding hydrogens is 471 g/mol. The molecule has 34 heavy (non-hydrogen) atoms. The van der Waals surface area contributed by atoms with Gasteiger partial charge in [0.05, 0.1) is 11.8 Å². The maximum Gasteiger partial charge on any atom is 0.240 e. The van der Waals surface area contributed by atoms with E-state index < -0.39 is 33.4 Å². The molecule has 7 heteroatoms. The summed E-state index contributed by atoms with van der Waals surface area (Å²) < 4.78 is 0. The number of benzene rings is 2. The number of nitrogens with one attached hydrogen (secondary N) is 1. The van der Waals surface area contributed by atoms with Gasteiger partial charge in [0, 0.05) is 6.04 Å². The van der Waals surface area contributed by atoms with Crippen LogP contribution in [-0.2, 0) is 24.1 Å². The fourth-order valence-electron chi connectivity index (χ4n) is 6.70. The molecule has 0 aromatic heterocycles. The van der Waals surface area contributed by atoms with Crippen molar-refractivity contribution in [3.05, 3.63) is 70.8 Å². The molecule has 2 aromatic carbocycles. The standard InChI is InChI=1S/C27H26Cl2N2O3/c1-15-10-12-16(13-11-15)30-21(32)14-31-24(33)22-23(25(31)34)27(29)18-7-3-2-6-17(18)26(22,28)19-8-4-5-9-20(19)27/h2-9,15-16,22-23H,10-14H2,1H3,(H,30,32)/t15?,16?,22-,23+,26?,27?. The molecule has 1 saturated heterocycles. The van der Waals surface area contributed by atoms with E-state index in [1.165, 1.54) is 0 Å². The average Bonchev–Trinajstić information content (AvgIpc) is 3.10. The number of carbonyl (C=O) groups is 3. The van der Waals surface area contributed by atoms with E-state index in [0.29, 0.717) is 5.92 Å². The summed E-state index contributed by atoms with van der Waals surface area (Å²) in [6.07, 6.45) is 3.97. The van der Waals surface area contributed by atoms with Crippen molar-refractivity contribution in [3.63, 3.8) is 0 Å². The highest BCUT2D eigenvalue weighted by Crippen LogP contribution is 2.69. The van der Waals surface area contributed by atoms with Gasteiger partial charge in [-0.1, -0.05) is 55.5 Å². The van der Waals surface area contributed by atoms with Gasteiger partial charge in [-0.15, -0.1) is 23.2 Å². The number of nitrogens with zero attached hydrogens (tertiary/aromatic N) is 1. The zero-order valence-electron chi connectivity index (χ0n) is 18.9. The molecule has 1 saturated carbocycles. The number of halogens is 2. The van der Waals surface area contributed by atoms with Gasteiger partial charge in [-0.2, -0.15) is 0 Å². The molecule has 4 aliphatic carbocycles. The fraction of sp³-hybridized carbons (Fsp3) is 0.444. The van der Waals surface area contributed by atoms with Gasteiger partial charge in [-0.3, -0.25) is 19.3 Å². The Morgan fingerprint density at radius 3 is 1.68 bits per heavy atom. The second kappa shape index (κ2) is 7.56. The topological polar surface area (TPSA) is 66.5 Å². The second-order valence-electron chi connectivity index (χ2n) is 10.3. The Hall–Kier alpha value is -2.37. The predicted molar refractivity (Wildman–Crippen MR) is 129 cm³/mol. The molecule has 0 radical (unpaired) electrons. The third-order valence-electron chi connectivity index (χ3n) is 8.36. The van der Waals surface area contributed by atoms with Gasteiger partial charge >= 0.3 is 0 Å². The van der Waals surface area contributed by atoms with Crippen molar-refractivity contribution in [1.82, 2.24) is 10.2 Å². The van der Waals surface area contributed by atoms with Crippen LogP contribution in [0.2, 0.25) is 0 Å². The number of amides is 3. The highest BCUT2D eigenvalue weighted by Gasteiger charge is 2.73. The Kier molecular flexibility index (Phi) is 4.92. The maximum atomic E-state index is 13.8. The second-order valence-corrected chi connectivity index (χ2v) is 11.4.